The molecule has 94 valence electrons. The zero-order valence-electron chi connectivity index (χ0n) is 9.38. The number of ether oxygens (including phenoxy) is 1. The number of para-hydroxylation sites is 1. The lowest BCUT2D eigenvalue weighted by Gasteiger charge is -2.07. The van der Waals surface area contributed by atoms with Gasteiger partial charge in [-0.05, 0) is 13.0 Å². The average molecular weight is 252 g/mol. The molecule has 0 aliphatic rings. The van der Waals surface area contributed by atoms with E-state index in [2.05, 4.69) is 9.72 Å². The van der Waals surface area contributed by atoms with Gasteiger partial charge in [-0.15, -0.1) is 0 Å². The number of carbonyl (C=O) groups excluding carboxylic acids is 1. The first-order valence-corrected chi connectivity index (χ1v) is 5.14. The minimum Gasteiger partial charge on any atom is -0.617 e. The number of nitrogens with zero attached hydrogens (tertiary/aromatic N) is 2. The normalized spacial score (nSPS) is 10.6. The number of esters is 1. The molecule has 0 aliphatic carbocycles. The molecule has 1 aromatic heterocycles. The Balaban J connectivity index is 2.73. The molecule has 0 radical (unpaired) electrons. The van der Waals surface area contributed by atoms with E-state index < -0.39 is 23.4 Å². The van der Waals surface area contributed by atoms with Gasteiger partial charge in [0, 0.05) is 6.07 Å². The fourth-order valence-electron chi connectivity index (χ4n) is 1.52. The number of aromatic hydroxyl groups is 1. The molecule has 1 N–H and O–H groups in total. The summed E-state index contributed by atoms with van der Waals surface area (Å²) < 4.78 is 18.1. The zero-order chi connectivity index (χ0) is 13.3. The van der Waals surface area contributed by atoms with Crippen LogP contribution in [0.25, 0.3) is 11.0 Å². The minimum atomic E-state index is -1.01. The van der Waals surface area contributed by atoms with Crippen LogP contribution in [0.2, 0.25) is 0 Å². The van der Waals surface area contributed by atoms with Crippen molar-refractivity contribution in [2.75, 3.05) is 6.61 Å². The molecule has 7 heteroatoms. The standard InChI is InChI=1S/C11H9FN2O4/c1-2-18-11(16)9-10(15)13-8-6(12)4-3-5-7(8)14(9)17/h3-5H,2H2,1H3,(H,13,15). The highest BCUT2D eigenvalue weighted by molar-refractivity contribution is 5.89. The number of benzene rings is 1. The maximum Gasteiger partial charge on any atom is 0.411 e. The number of hydrogen-bond donors (Lipinski definition) is 1. The van der Waals surface area contributed by atoms with Gasteiger partial charge >= 0.3 is 11.7 Å². The van der Waals surface area contributed by atoms with Gasteiger partial charge < -0.3 is 15.1 Å². The molecular weight excluding hydrogens is 243 g/mol. The van der Waals surface area contributed by atoms with E-state index in [-0.39, 0.29) is 22.4 Å². The fourth-order valence-corrected chi connectivity index (χ4v) is 1.52. The molecule has 0 aliphatic heterocycles. The van der Waals surface area contributed by atoms with Crippen molar-refractivity contribution in [3.05, 3.63) is 34.9 Å². The van der Waals surface area contributed by atoms with Crippen molar-refractivity contribution in [1.82, 2.24) is 4.98 Å². The molecule has 1 heterocycles. The van der Waals surface area contributed by atoms with Crippen molar-refractivity contribution >= 4 is 17.0 Å². The quantitative estimate of drug-likeness (QED) is 0.487. The van der Waals surface area contributed by atoms with Crippen LogP contribution in [0.1, 0.15) is 17.4 Å². The largest absolute Gasteiger partial charge is 0.617 e. The van der Waals surface area contributed by atoms with Crippen molar-refractivity contribution in [2.45, 2.75) is 6.92 Å². The van der Waals surface area contributed by atoms with Crippen LogP contribution in [0, 0.1) is 11.0 Å². The van der Waals surface area contributed by atoms with Crippen LogP contribution >= 0.6 is 0 Å². The lowest BCUT2D eigenvalue weighted by atomic mass is 10.2. The summed E-state index contributed by atoms with van der Waals surface area (Å²) in [6.45, 7) is 1.59. The molecule has 0 atom stereocenters. The Hall–Kier alpha value is -2.44. The highest BCUT2D eigenvalue weighted by Gasteiger charge is 2.28. The van der Waals surface area contributed by atoms with Gasteiger partial charge in [-0.1, -0.05) is 6.07 Å². The summed E-state index contributed by atoms with van der Waals surface area (Å²) in [6.07, 6.45) is 0. The Kier molecular flexibility index (Phi) is 2.97. The van der Waals surface area contributed by atoms with E-state index in [1.807, 2.05) is 0 Å². The smallest absolute Gasteiger partial charge is 0.411 e. The number of aromatic nitrogens is 2. The van der Waals surface area contributed by atoms with E-state index in [9.17, 15) is 19.5 Å². The number of fused-ring (bicyclic) bond motifs is 1. The van der Waals surface area contributed by atoms with E-state index in [0.29, 0.717) is 0 Å². The second-order valence-electron chi connectivity index (χ2n) is 3.41. The first kappa shape index (κ1) is 12.0. The maximum absolute atomic E-state index is 13.4. The Morgan fingerprint density at radius 1 is 1.61 bits per heavy atom. The minimum absolute atomic E-state index is 0.0411. The first-order chi connectivity index (χ1) is 8.56. The summed E-state index contributed by atoms with van der Waals surface area (Å²) in [6, 6.07) is 3.69. The van der Waals surface area contributed by atoms with Crippen molar-refractivity contribution in [3.8, 4) is 5.88 Å². The zero-order valence-corrected chi connectivity index (χ0v) is 9.38. The molecule has 0 spiro atoms. The molecule has 0 saturated heterocycles. The predicted octanol–water partition coefficient (Wildman–Crippen LogP) is 0.890. The van der Waals surface area contributed by atoms with Gasteiger partial charge in [0.05, 0.1) is 6.61 Å². The van der Waals surface area contributed by atoms with Crippen LogP contribution in [0.5, 0.6) is 5.88 Å². The van der Waals surface area contributed by atoms with Gasteiger partial charge in [0.2, 0.25) is 5.52 Å². The summed E-state index contributed by atoms with van der Waals surface area (Å²) >= 11 is 0. The van der Waals surface area contributed by atoms with Crippen molar-refractivity contribution in [1.29, 1.82) is 0 Å². The topological polar surface area (TPSA) is 86.4 Å². The Labute approximate surface area is 101 Å². The van der Waals surface area contributed by atoms with Crippen LogP contribution in [0.15, 0.2) is 18.2 Å². The molecule has 2 aromatic rings. The van der Waals surface area contributed by atoms with Crippen LogP contribution in [-0.4, -0.2) is 22.7 Å². The highest BCUT2D eigenvalue weighted by Crippen LogP contribution is 2.18. The summed E-state index contributed by atoms with van der Waals surface area (Å²) in [7, 11) is 0. The van der Waals surface area contributed by atoms with Gasteiger partial charge in [-0.25, -0.2) is 9.18 Å². The Morgan fingerprint density at radius 3 is 3.00 bits per heavy atom. The second-order valence-corrected chi connectivity index (χ2v) is 3.41. The van der Waals surface area contributed by atoms with Crippen LogP contribution in [0.4, 0.5) is 4.39 Å². The van der Waals surface area contributed by atoms with Crippen LogP contribution in [-0.2, 0) is 4.74 Å². The number of carbonyl (C=O) groups is 1. The molecule has 0 saturated carbocycles. The lowest BCUT2D eigenvalue weighted by molar-refractivity contribution is -0.581. The molecule has 6 nitrogen and oxygen atoms in total. The number of rotatable bonds is 2. The molecule has 0 fully saturated rings. The third kappa shape index (κ3) is 1.79. The fraction of sp³-hybridized carbons (Fsp3) is 0.182. The van der Waals surface area contributed by atoms with Gasteiger partial charge in [-0.3, -0.25) is 0 Å². The highest BCUT2D eigenvalue weighted by atomic mass is 19.1. The number of hydrogen-bond acceptors (Lipinski definition) is 5. The van der Waals surface area contributed by atoms with Gasteiger partial charge in [-0.2, -0.15) is 9.71 Å². The summed E-state index contributed by atoms with van der Waals surface area (Å²) in [5, 5.41) is 21.4. The van der Waals surface area contributed by atoms with Gasteiger partial charge in [0.15, 0.2) is 11.3 Å². The first-order valence-electron chi connectivity index (χ1n) is 5.14. The summed E-state index contributed by atoms with van der Waals surface area (Å²) in [5.41, 5.74) is -1.12. The Morgan fingerprint density at radius 2 is 2.33 bits per heavy atom. The van der Waals surface area contributed by atoms with E-state index in [1.165, 1.54) is 12.1 Å². The molecule has 0 bridgehead atoms. The molecular formula is C11H9FN2O4. The van der Waals surface area contributed by atoms with Crippen molar-refractivity contribution in [2.24, 2.45) is 0 Å². The Bertz CT molecular complexity index is 630. The third-order valence-corrected chi connectivity index (χ3v) is 2.29. The third-order valence-electron chi connectivity index (χ3n) is 2.29. The maximum atomic E-state index is 13.4. The van der Waals surface area contributed by atoms with Crippen LogP contribution in [0.3, 0.4) is 0 Å². The van der Waals surface area contributed by atoms with E-state index >= 15 is 0 Å². The van der Waals surface area contributed by atoms with Crippen molar-refractivity contribution in [3.63, 3.8) is 0 Å². The molecule has 1 aromatic carbocycles. The summed E-state index contributed by atoms with van der Waals surface area (Å²) in [4.78, 5) is 15.0. The second kappa shape index (κ2) is 4.44. The average Bonchev–Trinajstić information content (AvgIpc) is 2.31. The molecule has 0 unspecified atom stereocenters. The molecule has 18 heavy (non-hydrogen) atoms. The summed E-state index contributed by atoms with van der Waals surface area (Å²) in [5.74, 6) is -2.63. The SMILES string of the molecule is CCOC(=O)c1c(O)nc2c(F)cccc2[n+]1[O-]. The monoisotopic (exact) mass is 252 g/mol. The van der Waals surface area contributed by atoms with Crippen LogP contribution < -0.4 is 4.73 Å². The lowest BCUT2D eigenvalue weighted by Crippen LogP contribution is -2.37. The number of halogens is 1. The van der Waals surface area contributed by atoms with E-state index in [1.54, 1.807) is 6.92 Å². The van der Waals surface area contributed by atoms with Gasteiger partial charge in [0.1, 0.15) is 0 Å². The van der Waals surface area contributed by atoms with E-state index in [0.717, 1.165) is 6.07 Å². The molecule has 0 amide bonds. The van der Waals surface area contributed by atoms with Gasteiger partial charge in [0.25, 0.3) is 5.88 Å². The predicted molar refractivity (Wildman–Crippen MR) is 58.3 cm³/mol. The van der Waals surface area contributed by atoms with E-state index in [4.69, 9.17) is 0 Å². The van der Waals surface area contributed by atoms with Crippen molar-refractivity contribution < 1.29 is 23.8 Å². The molecule has 2 rings (SSSR count).